The Bertz CT molecular complexity index is 411. The zero-order valence-electron chi connectivity index (χ0n) is 6.55. The topological polar surface area (TPSA) is 28.7 Å². The van der Waals surface area contributed by atoms with Gasteiger partial charge in [0.1, 0.15) is 5.82 Å². The highest BCUT2D eigenvalue weighted by atomic mass is 79.9. The van der Waals surface area contributed by atoms with Crippen molar-refractivity contribution in [3.05, 3.63) is 28.5 Å². The van der Waals surface area contributed by atoms with Crippen molar-refractivity contribution >= 4 is 59.9 Å². The molecule has 0 atom stereocenters. The summed E-state index contributed by atoms with van der Waals surface area (Å²) >= 11 is 6.75. The van der Waals surface area contributed by atoms with E-state index in [9.17, 15) is 0 Å². The molecule has 1 aromatic carbocycles. The van der Waals surface area contributed by atoms with E-state index in [2.05, 4.69) is 41.8 Å². The molecule has 1 heterocycles. The van der Waals surface area contributed by atoms with Gasteiger partial charge in [-0.25, -0.2) is 4.98 Å². The summed E-state index contributed by atoms with van der Waals surface area (Å²) in [6, 6.07) is 6.00. The molecular weight excluding hydrogens is 364 g/mol. The Balaban J connectivity index is 0.000000845. The summed E-state index contributed by atoms with van der Waals surface area (Å²) in [5.41, 5.74) is 2.08. The average Bonchev–Trinajstić information content (AvgIpc) is 2.46. The third-order valence-electron chi connectivity index (χ3n) is 1.62. The number of aromatic nitrogens is 2. The second-order valence-corrected chi connectivity index (χ2v) is 3.96. The normalized spacial score (nSPS) is 10.0. The van der Waals surface area contributed by atoms with Gasteiger partial charge in [-0.2, -0.15) is 0 Å². The number of hydrogen-bond donors (Lipinski definition) is 1. The molecule has 0 aliphatic carbocycles. The number of imidazole rings is 1. The zero-order chi connectivity index (χ0) is 8.55. The first-order chi connectivity index (χ1) is 5.79. The number of aromatic amines is 1. The number of rotatable bonds is 1. The van der Waals surface area contributed by atoms with E-state index in [-0.39, 0.29) is 17.0 Å². The lowest BCUT2D eigenvalue weighted by Gasteiger charge is -1.87. The van der Waals surface area contributed by atoms with Crippen LogP contribution in [0, 0.1) is 0 Å². The summed E-state index contributed by atoms with van der Waals surface area (Å²) in [6.07, 6.45) is 0. The molecule has 5 heteroatoms. The van der Waals surface area contributed by atoms with Crippen molar-refractivity contribution in [3.8, 4) is 0 Å². The maximum Gasteiger partial charge on any atom is 0.117 e. The minimum Gasteiger partial charge on any atom is -0.341 e. The van der Waals surface area contributed by atoms with Crippen LogP contribution in [0.5, 0.6) is 0 Å². The summed E-state index contributed by atoms with van der Waals surface area (Å²) in [7, 11) is 0. The zero-order valence-corrected chi connectivity index (χ0v) is 11.4. The maximum atomic E-state index is 4.35. The lowest BCUT2D eigenvalue weighted by molar-refractivity contribution is 1.15. The standard InChI is InChI=1S/C8H6Br2N2.BrH/c9-4-8-11-6-2-1-5(10)3-7(6)12-8;/h1-3H,4H2,(H,11,12);1H. The first kappa shape index (κ1) is 11.2. The Morgan fingerprint density at radius 2 is 2.15 bits per heavy atom. The van der Waals surface area contributed by atoms with Crippen LogP contribution in [0.1, 0.15) is 5.82 Å². The monoisotopic (exact) mass is 368 g/mol. The molecule has 2 aromatic rings. The van der Waals surface area contributed by atoms with E-state index >= 15 is 0 Å². The molecule has 0 saturated carbocycles. The van der Waals surface area contributed by atoms with Gasteiger partial charge in [0.25, 0.3) is 0 Å². The highest BCUT2D eigenvalue weighted by Gasteiger charge is 2.00. The van der Waals surface area contributed by atoms with Gasteiger partial charge in [0.05, 0.1) is 16.4 Å². The van der Waals surface area contributed by atoms with Crippen molar-refractivity contribution in [1.29, 1.82) is 0 Å². The summed E-state index contributed by atoms with van der Waals surface area (Å²) < 4.78 is 1.07. The average molecular weight is 371 g/mol. The van der Waals surface area contributed by atoms with Gasteiger partial charge in [-0.3, -0.25) is 0 Å². The molecule has 2 nitrogen and oxygen atoms in total. The molecule has 2 rings (SSSR count). The largest absolute Gasteiger partial charge is 0.341 e. The number of hydrogen-bond acceptors (Lipinski definition) is 1. The van der Waals surface area contributed by atoms with Crippen molar-refractivity contribution in [1.82, 2.24) is 9.97 Å². The number of alkyl halides is 1. The van der Waals surface area contributed by atoms with Crippen molar-refractivity contribution < 1.29 is 0 Å². The molecule has 0 fully saturated rings. The Morgan fingerprint density at radius 3 is 2.85 bits per heavy atom. The molecule has 13 heavy (non-hydrogen) atoms. The molecule has 0 unspecified atom stereocenters. The lowest BCUT2D eigenvalue weighted by atomic mass is 10.3. The Hall–Kier alpha value is 0.130. The Morgan fingerprint density at radius 1 is 1.38 bits per heavy atom. The van der Waals surface area contributed by atoms with Gasteiger partial charge >= 0.3 is 0 Å². The minimum atomic E-state index is 0. The van der Waals surface area contributed by atoms with Crippen LogP contribution in [0.2, 0.25) is 0 Å². The molecule has 0 amide bonds. The van der Waals surface area contributed by atoms with Crippen molar-refractivity contribution in [2.45, 2.75) is 5.33 Å². The van der Waals surface area contributed by atoms with E-state index in [0.717, 1.165) is 26.7 Å². The van der Waals surface area contributed by atoms with E-state index in [0.29, 0.717) is 0 Å². The van der Waals surface area contributed by atoms with Gasteiger partial charge in [-0.1, -0.05) is 31.9 Å². The number of halogens is 3. The number of fused-ring (bicyclic) bond motifs is 1. The summed E-state index contributed by atoms with van der Waals surface area (Å²) in [4.78, 5) is 7.55. The predicted octanol–water partition coefficient (Wildman–Crippen LogP) is 3.80. The van der Waals surface area contributed by atoms with E-state index in [1.807, 2.05) is 18.2 Å². The maximum absolute atomic E-state index is 4.35. The van der Waals surface area contributed by atoms with E-state index in [1.54, 1.807) is 0 Å². The molecule has 0 aliphatic heterocycles. The van der Waals surface area contributed by atoms with Gasteiger partial charge in [-0.15, -0.1) is 17.0 Å². The molecular formula is C8H7Br3N2. The number of benzene rings is 1. The summed E-state index contributed by atoms with van der Waals surface area (Å²) in [5.74, 6) is 0.961. The van der Waals surface area contributed by atoms with Gasteiger partial charge in [0.15, 0.2) is 0 Å². The quantitative estimate of drug-likeness (QED) is 0.760. The lowest BCUT2D eigenvalue weighted by Crippen LogP contribution is -1.76. The van der Waals surface area contributed by atoms with Crippen LogP contribution in [0.15, 0.2) is 22.7 Å². The Kier molecular flexibility index (Phi) is 3.94. The SMILES string of the molecule is Br.BrCc1nc2ccc(Br)cc2[nH]1. The van der Waals surface area contributed by atoms with Crippen LogP contribution < -0.4 is 0 Å². The van der Waals surface area contributed by atoms with E-state index in [4.69, 9.17) is 0 Å². The van der Waals surface area contributed by atoms with Crippen LogP contribution >= 0.6 is 48.8 Å². The van der Waals surface area contributed by atoms with E-state index in [1.165, 1.54) is 0 Å². The molecule has 1 N–H and O–H groups in total. The highest BCUT2D eigenvalue weighted by molar-refractivity contribution is 9.10. The summed E-state index contributed by atoms with van der Waals surface area (Å²) in [6.45, 7) is 0. The molecule has 1 aromatic heterocycles. The number of nitrogens with one attached hydrogen (secondary N) is 1. The second-order valence-electron chi connectivity index (χ2n) is 2.48. The van der Waals surface area contributed by atoms with Crippen LogP contribution in [0.4, 0.5) is 0 Å². The van der Waals surface area contributed by atoms with Gasteiger partial charge in [-0.05, 0) is 18.2 Å². The van der Waals surface area contributed by atoms with E-state index < -0.39 is 0 Å². The number of nitrogens with zero attached hydrogens (tertiary/aromatic N) is 1. The molecule has 0 spiro atoms. The van der Waals surface area contributed by atoms with Crippen LogP contribution in [-0.4, -0.2) is 9.97 Å². The predicted molar refractivity (Wildman–Crippen MR) is 66.7 cm³/mol. The van der Waals surface area contributed by atoms with Crippen molar-refractivity contribution in [2.75, 3.05) is 0 Å². The number of H-pyrrole nitrogens is 1. The summed E-state index contributed by atoms with van der Waals surface area (Å²) in [5, 5.41) is 0.763. The first-order valence-corrected chi connectivity index (χ1v) is 5.41. The third kappa shape index (κ3) is 2.33. The van der Waals surface area contributed by atoms with Gasteiger partial charge in [0, 0.05) is 4.47 Å². The molecule has 0 bridgehead atoms. The highest BCUT2D eigenvalue weighted by Crippen LogP contribution is 2.18. The fourth-order valence-electron chi connectivity index (χ4n) is 1.10. The van der Waals surface area contributed by atoms with Gasteiger partial charge < -0.3 is 4.98 Å². The minimum absolute atomic E-state index is 0. The van der Waals surface area contributed by atoms with Crippen LogP contribution in [0.3, 0.4) is 0 Å². The molecule has 0 saturated heterocycles. The molecule has 0 aliphatic rings. The van der Waals surface area contributed by atoms with Crippen molar-refractivity contribution in [3.63, 3.8) is 0 Å². The molecule has 0 radical (unpaired) electrons. The third-order valence-corrected chi connectivity index (χ3v) is 2.64. The smallest absolute Gasteiger partial charge is 0.117 e. The Labute approximate surface area is 103 Å². The van der Waals surface area contributed by atoms with Gasteiger partial charge in [0.2, 0.25) is 0 Å². The molecule has 70 valence electrons. The second kappa shape index (κ2) is 4.57. The fraction of sp³-hybridized carbons (Fsp3) is 0.125. The van der Waals surface area contributed by atoms with Crippen LogP contribution in [-0.2, 0) is 5.33 Å². The first-order valence-electron chi connectivity index (χ1n) is 3.50. The van der Waals surface area contributed by atoms with Crippen LogP contribution in [0.25, 0.3) is 11.0 Å². The fourth-order valence-corrected chi connectivity index (χ4v) is 1.72. The van der Waals surface area contributed by atoms with Crippen molar-refractivity contribution in [2.24, 2.45) is 0 Å².